The number of halogens is 1. The summed E-state index contributed by atoms with van der Waals surface area (Å²) in [5.41, 5.74) is 7.50. The summed E-state index contributed by atoms with van der Waals surface area (Å²) < 4.78 is 17.4. The number of carboxylic acid groups (broad SMARTS) is 1. The second-order valence-electron chi connectivity index (χ2n) is 8.65. The molecule has 4 unspecified atom stereocenters. The molecule has 1 saturated heterocycles. The number of allylic oxidation sites excluding steroid dienone is 1. The summed E-state index contributed by atoms with van der Waals surface area (Å²) >= 11 is 2.77. The predicted molar refractivity (Wildman–Crippen MR) is 121 cm³/mol. The summed E-state index contributed by atoms with van der Waals surface area (Å²) in [4.78, 5) is 28.1. The Morgan fingerprint density at radius 1 is 1.29 bits per heavy atom. The molecule has 0 amide bonds. The molecular weight excluding hydrogens is 437 g/mol. The average molecular weight is 458 g/mol. The van der Waals surface area contributed by atoms with Gasteiger partial charge in [-0.25, -0.2) is 9.18 Å². The third kappa shape index (κ3) is 2.54. The number of rotatable bonds is 2. The van der Waals surface area contributed by atoms with Crippen molar-refractivity contribution in [1.82, 2.24) is 4.40 Å². The molecule has 0 spiro atoms. The van der Waals surface area contributed by atoms with E-state index in [9.17, 15) is 14.7 Å². The molecule has 6 rings (SSSR count). The van der Waals surface area contributed by atoms with E-state index in [0.717, 1.165) is 10.6 Å². The molecule has 1 aromatic carbocycles. The molecule has 160 valence electrons. The summed E-state index contributed by atoms with van der Waals surface area (Å²) in [7, 11) is 0. The van der Waals surface area contributed by atoms with Crippen LogP contribution in [0.15, 0.2) is 33.3 Å². The molecule has 4 atom stereocenters. The van der Waals surface area contributed by atoms with E-state index in [0.29, 0.717) is 46.7 Å². The standard InChI is InChI=1S/C22H20FN3O3S2/c1-9-2-3-15(24)13-6-25(5-12(9)13)18-14(23)4-11-17-20(18)30-7-10-8-31-21(26(10)17)16(19(11)27)22(28)29/h2-4,8-9,12-13,15H,5-7,24H2,1H3,(H,28,29). The molecule has 4 heterocycles. The first kappa shape index (κ1) is 19.3. The lowest BCUT2D eigenvalue weighted by atomic mass is 9.77. The van der Waals surface area contributed by atoms with Crippen LogP contribution in [-0.2, 0) is 5.75 Å². The molecule has 6 nitrogen and oxygen atoms in total. The summed E-state index contributed by atoms with van der Waals surface area (Å²) in [5, 5.41) is 11.7. The van der Waals surface area contributed by atoms with Crippen molar-refractivity contribution in [2.24, 2.45) is 23.5 Å². The number of aromatic nitrogens is 1. The molecule has 3 N–H and O–H groups in total. The molecule has 0 radical (unpaired) electrons. The minimum Gasteiger partial charge on any atom is -0.477 e. The van der Waals surface area contributed by atoms with Crippen molar-refractivity contribution in [3.8, 4) is 0 Å². The van der Waals surface area contributed by atoms with Gasteiger partial charge in [0.25, 0.3) is 0 Å². The predicted octanol–water partition coefficient (Wildman–Crippen LogP) is 3.54. The molecule has 1 fully saturated rings. The maximum Gasteiger partial charge on any atom is 0.342 e. The van der Waals surface area contributed by atoms with E-state index in [-0.39, 0.29) is 22.9 Å². The molecule has 0 bridgehead atoms. The fourth-order valence-corrected chi connectivity index (χ4v) is 7.82. The van der Waals surface area contributed by atoms with Crippen molar-refractivity contribution in [2.75, 3.05) is 18.0 Å². The molecule has 31 heavy (non-hydrogen) atoms. The monoisotopic (exact) mass is 457 g/mol. The van der Waals surface area contributed by atoms with Crippen LogP contribution in [0.4, 0.5) is 10.1 Å². The Balaban J connectivity index is 1.61. The van der Waals surface area contributed by atoms with Crippen LogP contribution in [0.5, 0.6) is 0 Å². The van der Waals surface area contributed by atoms with Crippen molar-refractivity contribution < 1.29 is 14.3 Å². The number of pyridine rings is 1. The van der Waals surface area contributed by atoms with Crippen LogP contribution in [0.3, 0.4) is 0 Å². The Morgan fingerprint density at radius 3 is 2.81 bits per heavy atom. The van der Waals surface area contributed by atoms with Gasteiger partial charge in [-0.3, -0.25) is 4.79 Å². The second-order valence-corrected chi connectivity index (χ2v) is 10.5. The highest BCUT2D eigenvalue weighted by atomic mass is 32.2. The lowest BCUT2D eigenvalue weighted by Crippen LogP contribution is -2.38. The van der Waals surface area contributed by atoms with Crippen LogP contribution in [0, 0.1) is 23.6 Å². The van der Waals surface area contributed by atoms with Crippen LogP contribution in [-0.4, -0.2) is 34.6 Å². The molecule has 1 aliphatic carbocycles. The highest BCUT2D eigenvalue weighted by Gasteiger charge is 2.42. The Bertz CT molecular complexity index is 1360. The number of thiazole rings is 1. The van der Waals surface area contributed by atoms with Gasteiger partial charge in [0, 0.05) is 41.9 Å². The van der Waals surface area contributed by atoms with Gasteiger partial charge in [-0.15, -0.1) is 23.1 Å². The molecule has 2 aliphatic heterocycles. The lowest BCUT2D eigenvalue weighted by molar-refractivity contribution is 0.0697. The zero-order chi connectivity index (χ0) is 21.6. The van der Waals surface area contributed by atoms with Gasteiger partial charge in [0.2, 0.25) is 5.43 Å². The molecule has 9 heteroatoms. The van der Waals surface area contributed by atoms with Crippen LogP contribution >= 0.6 is 23.1 Å². The van der Waals surface area contributed by atoms with E-state index in [4.69, 9.17) is 5.73 Å². The van der Waals surface area contributed by atoms with Crippen molar-refractivity contribution in [1.29, 1.82) is 0 Å². The van der Waals surface area contributed by atoms with Gasteiger partial charge in [-0.05, 0) is 17.9 Å². The number of hydrogen-bond donors (Lipinski definition) is 2. The largest absolute Gasteiger partial charge is 0.477 e. The van der Waals surface area contributed by atoms with E-state index >= 15 is 4.39 Å². The van der Waals surface area contributed by atoms with Crippen molar-refractivity contribution in [3.63, 3.8) is 0 Å². The van der Waals surface area contributed by atoms with E-state index in [1.165, 1.54) is 29.2 Å². The Morgan fingerprint density at radius 2 is 2.06 bits per heavy atom. The minimum absolute atomic E-state index is 0.0466. The molecule has 2 aromatic heterocycles. The Labute approximate surface area is 185 Å². The smallest absolute Gasteiger partial charge is 0.342 e. The maximum absolute atomic E-state index is 15.6. The second kappa shape index (κ2) is 6.57. The molecule has 3 aliphatic rings. The van der Waals surface area contributed by atoms with Crippen molar-refractivity contribution >= 4 is 50.5 Å². The number of nitrogens with two attached hydrogens (primary N) is 1. The fraction of sp³-hybridized carbons (Fsp3) is 0.364. The van der Waals surface area contributed by atoms with Gasteiger partial charge < -0.3 is 20.1 Å². The van der Waals surface area contributed by atoms with Gasteiger partial charge in [-0.2, -0.15) is 0 Å². The summed E-state index contributed by atoms with van der Waals surface area (Å²) in [6.07, 6.45) is 4.21. The number of carboxylic acids is 1. The summed E-state index contributed by atoms with van der Waals surface area (Å²) in [6, 6.07) is 1.18. The highest BCUT2D eigenvalue weighted by molar-refractivity contribution is 7.99. The number of thioether (sulfide) groups is 1. The zero-order valence-corrected chi connectivity index (χ0v) is 18.3. The highest BCUT2D eigenvalue weighted by Crippen LogP contribution is 2.47. The third-order valence-electron chi connectivity index (χ3n) is 7.00. The van der Waals surface area contributed by atoms with Crippen LogP contribution < -0.4 is 16.1 Å². The normalized spacial score (nSPS) is 26.9. The number of anilines is 1. The van der Waals surface area contributed by atoms with E-state index in [1.807, 2.05) is 9.78 Å². The van der Waals surface area contributed by atoms with E-state index in [2.05, 4.69) is 24.0 Å². The SMILES string of the molecule is CC1C=CC(N)C2CN(c3c(F)cc4c(=O)c(C(=O)O)c5scc6n5c4c3SC6)CC12. The van der Waals surface area contributed by atoms with E-state index < -0.39 is 17.2 Å². The van der Waals surface area contributed by atoms with Gasteiger partial charge in [0.05, 0.1) is 21.5 Å². The van der Waals surface area contributed by atoms with Crippen molar-refractivity contribution in [3.05, 3.63) is 50.9 Å². The molecular formula is C22H20FN3O3S2. The number of nitrogens with zero attached hydrogens (tertiary/aromatic N) is 2. The first-order valence-corrected chi connectivity index (χ1v) is 12.1. The average Bonchev–Trinajstić information content (AvgIpc) is 3.35. The minimum atomic E-state index is -1.28. The number of carbonyl (C=O) groups is 1. The summed E-state index contributed by atoms with van der Waals surface area (Å²) in [5.74, 6) is -0.183. The van der Waals surface area contributed by atoms with Gasteiger partial charge >= 0.3 is 5.97 Å². The van der Waals surface area contributed by atoms with Gasteiger partial charge in [-0.1, -0.05) is 19.1 Å². The van der Waals surface area contributed by atoms with Crippen molar-refractivity contribution in [2.45, 2.75) is 23.6 Å². The lowest BCUT2D eigenvalue weighted by Gasteiger charge is -2.30. The Hall–Kier alpha value is -2.36. The number of hydrogen-bond acceptors (Lipinski definition) is 6. The Kier molecular flexibility index (Phi) is 4.10. The first-order chi connectivity index (χ1) is 14.9. The van der Waals surface area contributed by atoms with Crippen LogP contribution in [0.25, 0.3) is 15.7 Å². The zero-order valence-electron chi connectivity index (χ0n) is 16.7. The van der Waals surface area contributed by atoms with Crippen LogP contribution in [0.2, 0.25) is 0 Å². The quantitative estimate of drug-likeness (QED) is 0.573. The summed E-state index contributed by atoms with van der Waals surface area (Å²) in [6.45, 7) is 3.55. The number of benzene rings is 1. The topological polar surface area (TPSA) is 88.0 Å². The third-order valence-corrected chi connectivity index (χ3v) is 9.12. The van der Waals surface area contributed by atoms with Gasteiger partial charge in [0.15, 0.2) is 0 Å². The molecule has 0 saturated carbocycles. The molecule has 3 aromatic rings. The number of fused-ring (bicyclic) bond motifs is 1. The first-order valence-electron chi connectivity index (χ1n) is 10.2. The van der Waals surface area contributed by atoms with Gasteiger partial charge in [0.1, 0.15) is 16.2 Å². The number of aromatic carboxylic acids is 1. The maximum atomic E-state index is 15.6. The van der Waals surface area contributed by atoms with E-state index in [1.54, 1.807) is 0 Å². The van der Waals surface area contributed by atoms with Crippen LogP contribution in [0.1, 0.15) is 23.0 Å². The fourth-order valence-electron chi connectivity index (χ4n) is 5.46.